The standard InChI is InChI=1S/C11H14ClNO4/c1-2-17-10(15)6-9(14)11(16)8-5-7(12)3-4-13-8/h3-5,9,11,14,16H,2,6H2,1H3. The molecule has 5 nitrogen and oxygen atoms in total. The second kappa shape index (κ2) is 6.54. The zero-order valence-electron chi connectivity index (χ0n) is 9.34. The van der Waals surface area contributed by atoms with Crippen molar-refractivity contribution in [3.8, 4) is 0 Å². The van der Waals surface area contributed by atoms with Gasteiger partial charge in [-0.05, 0) is 19.1 Å². The van der Waals surface area contributed by atoms with Crippen LogP contribution in [0.5, 0.6) is 0 Å². The molecule has 1 aromatic rings. The lowest BCUT2D eigenvalue weighted by Gasteiger charge is -2.16. The lowest BCUT2D eigenvalue weighted by atomic mass is 10.1. The maximum Gasteiger partial charge on any atom is 0.308 e. The lowest BCUT2D eigenvalue weighted by molar-refractivity contribution is -0.147. The molecule has 0 aliphatic carbocycles. The summed E-state index contributed by atoms with van der Waals surface area (Å²) in [7, 11) is 0. The van der Waals surface area contributed by atoms with Crippen LogP contribution in [0, 0.1) is 0 Å². The second-order valence-corrected chi connectivity index (χ2v) is 3.86. The molecule has 1 rings (SSSR count). The highest BCUT2D eigenvalue weighted by molar-refractivity contribution is 6.30. The van der Waals surface area contributed by atoms with E-state index >= 15 is 0 Å². The molecule has 6 heteroatoms. The normalized spacial score (nSPS) is 14.1. The van der Waals surface area contributed by atoms with Gasteiger partial charge in [0.1, 0.15) is 6.10 Å². The molecule has 1 aromatic heterocycles. The van der Waals surface area contributed by atoms with E-state index in [1.54, 1.807) is 13.0 Å². The van der Waals surface area contributed by atoms with E-state index in [2.05, 4.69) is 9.72 Å². The van der Waals surface area contributed by atoms with Crippen molar-refractivity contribution in [3.63, 3.8) is 0 Å². The van der Waals surface area contributed by atoms with Crippen LogP contribution in [0.2, 0.25) is 5.02 Å². The molecule has 17 heavy (non-hydrogen) atoms. The number of esters is 1. The van der Waals surface area contributed by atoms with E-state index in [9.17, 15) is 15.0 Å². The Morgan fingerprint density at radius 2 is 2.29 bits per heavy atom. The first-order chi connectivity index (χ1) is 8.04. The minimum atomic E-state index is -1.27. The first-order valence-corrected chi connectivity index (χ1v) is 5.55. The number of aliphatic hydroxyl groups excluding tert-OH is 2. The molecule has 0 saturated heterocycles. The van der Waals surface area contributed by atoms with Crippen LogP contribution in [0.4, 0.5) is 0 Å². The van der Waals surface area contributed by atoms with E-state index < -0.39 is 18.2 Å². The zero-order chi connectivity index (χ0) is 12.8. The van der Waals surface area contributed by atoms with Gasteiger partial charge in [-0.1, -0.05) is 11.6 Å². The van der Waals surface area contributed by atoms with Gasteiger partial charge in [0, 0.05) is 11.2 Å². The van der Waals surface area contributed by atoms with Gasteiger partial charge in [-0.3, -0.25) is 9.78 Å². The number of halogens is 1. The summed E-state index contributed by atoms with van der Waals surface area (Å²) in [5, 5.41) is 19.8. The molecule has 94 valence electrons. The molecule has 2 atom stereocenters. The van der Waals surface area contributed by atoms with Gasteiger partial charge in [-0.15, -0.1) is 0 Å². The molecular weight excluding hydrogens is 246 g/mol. The Kier molecular flexibility index (Phi) is 5.34. The Morgan fingerprint density at radius 3 is 2.88 bits per heavy atom. The third-order valence-electron chi connectivity index (χ3n) is 2.09. The minimum Gasteiger partial charge on any atom is -0.466 e. The van der Waals surface area contributed by atoms with Gasteiger partial charge in [0.25, 0.3) is 0 Å². The Bertz CT molecular complexity index is 385. The van der Waals surface area contributed by atoms with Crippen molar-refractivity contribution in [2.75, 3.05) is 6.61 Å². The Labute approximate surface area is 104 Å². The average molecular weight is 260 g/mol. The van der Waals surface area contributed by atoms with E-state index in [1.165, 1.54) is 12.3 Å². The van der Waals surface area contributed by atoms with Gasteiger partial charge in [0.15, 0.2) is 0 Å². The van der Waals surface area contributed by atoms with Crippen molar-refractivity contribution < 1.29 is 19.7 Å². The molecule has 0 bridgehead atoms. The van der Waals surface area contributed by atoms with Gasteiger partial charge >= 0.3 is 5.97 Å². The van der Waals surface area contributed by atoms with Gasteiger partial charge in [0.05, 0.1) is 24.8 Å². The predicted octanol–water partition coefficient (Wildman–Crippen LogP) is 1.08. The smallest absolute Gasteiger partial charge is 0.308 e. The Hall–Kier alpha value is -1.17. The van der Waals surface area contributed by atoms with Crippen molar-refractivity contribution in [2.45, 2.75) is 25.6 Å². The number of hydrogen-bond donors (Lipinski definition) is 2. The number of aromatic nitrogens is 1. The highest BCUT2D eigenvalue weighted by Gasteiger charge is 2.23. The van der Waals surface area contributed by atoms with E-state index in [0.717, 1.165) is 0 Å². The fourth-order valence-electron chi connectivity index (χ4n) is 1.28. The molecule has 2 N–H and O–H groups in total. The lowest BCUT2D eigenvalue weighted by Crippen LogP contribution is -2.23. The highest BCUT2D eigenvalue weighted by Crippen LogP contribution is 2.19. The third kappa shape index (κ3) is 4.30. The van der Waals surface area contributed by atoms with Crippen LogP contribution in [-0.4, -0.2) is 33.9 Å². The number of carbonyl (C=O) groups excluding carboxylic acids is 1. The van der Waals surface area contributed by atoms with Crippen LogP contribution in [0.3, 0.4) is 0 Å². The average Bonchev–Trinajstić information content (AvgIpc) is 2.28. The monoisotopic (exact) mass is 259 g/mol. The summed E-state index contributed by atoms with van der Waals surface area (Å²) < 4.78 is 4.67. The van der Waals surface area contributed by atoms with Crippen LogP contribution >= 0.6 is 11.6 Å². The number of ether oxygens (including phenoxy) is 1. The Morgan fingerprint density at radius 1 is 1.59 bits per heavy atom. The van der Waals surface area contributed by atoms with E-state index in [0.29, 0.717) is 5.02 Å². The van der Waals surface area contributed by atoms with Crippen molar-refractivity contribution >= 4 is 17.6 Å². The first-order valence-electron chi connectivity index (χ1n) is 5.17. The fourth-order valence-corrected chi connectivity index (χ4v) is 1.45. The highest BCUT2D eigenvalue weighted by atomic mass is 35.5. The molecule has 0 amide bonds. The summed E-state index contributed by atoms with van der Waals surface area (Å²) in [6, 6.07) is 2.98. The number of rotatable bonds is 5. The maximum absolute atomic E-state index is 11.1. The maximum atomic E-state index is 11.1. The van der Waals surface area contributed by atoms with Crippen LogP contribution < -0.4 is 0 Å². The van der Waals surface area contributed by atoms with Gasteiger partial charge in [-0.2, -0.15) is 0 Å². The minimum absolute atomic E-state index is 0.217. The third-order valence-corrected chi connectivity index (χ3v) is 2.33. The zero-order valence-corrected chi connectivity index (χ0v) is 10.1. The molecule has 0 radical (unpaired) electrons. The number of aliphatic hydroxyl groups is 2. The summed E-state index contributed by atoms with van der Waals surface area (Å²) in [5.41, 5.74) is 0.217. The van der Waals surface area contributed by atoms with Crippen LogP contribution in [-0.2, 0) is 9.53 Å². The predicted molar refractivity (Wildman–Crippen MR) is 61.5 cm³/mol. The summed E-state index contributed by atoms with van der Waals surface area (Å²) >= 11 is 5.72. The van der Waals surface area contributed by atoms with Gasteiger partial charge in [-0.25, -0.2) is 0 Å². The van der Waals surface area contributed by atoms with Crippen molar-refractivity contribution in [1.82, 2.24) is 4.98 Å². The van der Waals surface area contributed by atoms with Crippen LogP contribution in [0.1, 0.15) is 25.1 Å². The summed E-state index contributed by atoms with van der Waals surface area (Å²) in [4.78, 5) is 15.0. The molecule has 0 fully saturated rings. The molecule has 1 heterocycles. The molecule has 0 saturated carbocycles. The molecule has 0 aliphatic rings. The molecule has 0 aromatic carbocycles. The molecular formula is C11H14ClNO4. The largest absolute Gasteiger partial charge is 0.466 e. The Balaban J connectivity index is 2.63. The summed E-state index contributed by atoms with van der Waals surface area (Å²) in [6.45, 7) is 1.90. The van der Waals surface area contributed by atoms with Gasteiger partial charge < -0.3 is 14.9 Å². The summed E-state index contributed by atoms with van der Waals surface area (Å²) in [6.07, 6.45) is -1.40. The second-order valence-electron chi connectivity index (χ2n) is 3.42. The molecule has 0 aliphatic heterocycles. The van der Waals surface area contributed by atoms with Gasteiger partial charge in [0.2, 0.25) is 0 Å². The number of pyridine rings is 1. The topological polar surface area (TPSA) is 79.7 Å². The van der Waals surface area contributed by atoms with Crippen molar-refractivity contribution in [2.24, 2.45) is 0 Å². The number of hydrogen-bond acceptors (Lipinski definition) is 5. The molecule has 0 spiro atoms. The quantitative estimate of drug-likeness (QED) is 0.774. The van der Waals surface area contributed by atoms with E-state index in [1.807, 2.05) is 0 Å². The van der Waals surface area contributed by atoms with Crippen molar-refractivity contribution in [3.05, 3.63) is 29.0 Å². The SMILES string of the molecule is CCOC(=O)CC(O)C(O)c1cc(Cl)ccn1. The first kappa shape index (κ1) is 13.9. The summed E-state index contributed by atoms with van der Waals surface area (Å²) in [5.74, 6) is -0.568. The molecule has 2 unspecified atom stereocenters. The number of nitrogens with zero attached hydrogens (tertiary/aromatic N) is 1. The van der Waals surface area contributed by atoms with E-state index in [-0.39, 0.29) is 18.7 Å². The van der Waals surface area contributed by atoms with Crippen molar-refractivity contribution in [1.29, 1.82) is 0 Å². The number of carbonyl (C=O) groups is 1. The van der Waals surface area contributed by atoms with Crippen LogP contribution in [0.15, 0.2) is 18.3 Å². The fraction of sp³-hybridized carbons (Fsp3) is 0.455. The van der Waals surface area contributed by atoms with E-state index in [4.69, 9.17) is 11.6 Å². The van der Waals surface area contributed by atoms with Crippen LogP contribution in [0.25, 0.3) is 0 Å².